The van der Waals surface area contributed by atoms with Crippen molar-refractivity contribution in [3.8, 4) is 23.0 Å². The van der Waals surface area contributed by atoms with Crippen LogP contribution >= 0.6 is 24.8 Å². The molecule has 0 aliphatic carbocycles. The number of halogens is 4. The van der Waals surface area contributed by atoms with Crippen molar-refractivity contribution in [3.05, 3.63) is 113 Å². The Bertz CT molecular complexity index is 1630. The van der Waals surface area contributed by atoms with E-state index in [1.54, 1.807) is 37.8 Å². The number of nitrogens with zero attached hydrogens (tertiary/aromatic N) is 2. The van der Waals surface area contributed by atoms with Crippen LogP contribution < -0.4 is 45.0 Å². The molecule has 6 N–H and O–H groups in total. The lowest BCUT2D eigenvalue weighted by Crippen LogP contribution is -3.00. The molecule has 0 amide bonds. The van der Waals surface area contributed by atoms with Gasteiger partial charge in [-0.1, -0.05) is 0 Å². The van der Waals surface area contributed by atoms with Crippen LogP contribution in [0, 0.1) is 0 Å². The molecule has 0 fully saturated rings. The highest BCUT2D eigenvalue weighted by molar-refractivity contribution is 6.15. The van der Waals surface area contributed by atoms with E-state index in [-0.39, 0.29) is 66.9 Å². The Morgan fingerprint density at radius 3 is 2.16 bits per heavy atom. The van der Waals surface area contributed by atoms with E-state index in [1.165, 1.54) is 30.9 Å². The summed E-state index contributed by atoms with van der Waals surface area (Å²) in [4.78, 5) is 33.6. The number of aromatic hydroxyl groups is 2. The number of aromatic nitrogens is 2. The van der Waals surface area contributed by atoms with Crippen LogP contribution in [-0.4, -0.2) is 60.3 Å². The molecule has 0 saturated carbocycles. The molecule has 0 saturated heterocycles. The molecule has 0 spiro atoms. The molecule has 2 aromatic carbocycles. The number of pyridine rings is 2. The third-order valence-electron chi connectivity index (χ3n) is 6.94. The zero-order valence-electron chi connectivity index (χ0n) is 27.9. The number of quaternary nitrogens is 1. The second-order valence-electron chi connectivity index (χ2n) is 10.2. The number of aliphatic imine (C=N–C) groups is 1. The number of phenolic OH excluding ortho intramolecular Hbond substituents is 2. The molecule has 5 rings (SSSR count). The molecule has 3 heterocycles. The van der Waals surface area contributed by atoms with Crippen molar-refractivity contribution in [3.63, 3.8) is 0 Å². The van der Waals surface area contributed by atoms with Gasteiger partial charge in [-0.2, -0.15) is 0 Å². The van der Waals surface area contributed by atoms with Gasteiger partial charge in [-0.05, 0) is 79.8 Å². The number of benzene rings is 2. The number of Topliss-reactive ketones (excluding diaryl/α,β-unsaturated/α-hetero) is 1. The van der Waals surface area contributed by atoms with E-state index in [9.17, 15) is 14.7 Å². The van der Waals surface area contributed by atoms with Gasteiger partial charge in [0.1, 0.15) is 23.0 Å². The number of hydrogen-bond donors (Lipinski definition) is 3. The van der Waals surface area contributed by atoms with Crippen LogP contribution in [0.15, 0.2) is 96.0 Å². The normalized spacial score (nSPS) is 11.8. The number of hydrogen-bond acceptors (Lipinski definition) is 8. The van der Waals surface area contributed by atoms with Gasteiger partial charge >= 0.3 is 0 Å². The Labute approximate surface area is 317 Å². The Kier molecular flexibility index (Phi) is 25.5. The molecule has 0 atom stereocenters. The molecular weight excluding hydrogens is 726 g/mol. The first-order valence-corrected chi connectivity index (χ1v) is 15.0. The number of aldehydes is 1. The van der Waals surface area contributed by atoms with Gasteiger partial charge in [0, 0.05) is 54.7 Å². The van der Waals surface area contributed by atoms with E-state index in [0.29, 0.717) is 29.8 Å². The van der Waals surface area contributed by atoms with Crippen LogP contribution in [0.5, 0.6) is 23.0 Å². The number of rotatable bonds is 10. The standard InChI is InChI=1S/C18H18N2O2.C10H14N2O.C8H8O3.4ClH/c1-22-17-11-16(21)7-6-13(17)10-14-4-3-9-20-18(14)15-5-2-8-19-12-15;11-6-2-1-5-10(13)9-4-3-7-12-8-9;1-11-8-4-7(10)3-2-6(8)5-9;;;;/h2,5-8,10-12,21H,3-4,9H2,1H3;3-4,7-8H,1-2,5-6,11H2;2-5,10H,1H3;4*1H/b14-10+;;;;;;. The van der Waals surface area contributed by atoms with Gasteiger partial charge in [0.2, 0.25) is 0 Å². The molecule has 14 heteroatoms. The summed E-state index contributed by atoms with van der Waals surface area (Å²) in [7, 11) is 3.05. The van der Waals surface area contributed by atoms with E-state index >= 15 is 0 Å². The molecular formula is C36H44Cl4N4O6. The summed E-state index contributed by atoms with van der Waals surface area (Å²) in [5.74, 6) is 1.55. The SMILES string of the molecule is COc1cc(O)ccc1/C=C1\CCCN=C1c1cccnc1.COc1cc(O)ccc1C=O.Cl.Cl.[Cl-].[Cl-].[NH3+]CCCCC(=O)c1ccc[nH+]c1. The lowest BCUT2D eigenvalue weighted by atomic mass is 9.94. The first kappa shape index (κ1) is 47.9. The van der Waals surface area contributed by atoms with Crippen LogP contribution in [0.25, 0.3) is 6.08 Å². The highest BCUT2D eigenvalue weighted by Gasteiger charge is 2.15. The number of H-pyrrole nitrogens is 1. The Balaban J connectivity index is 0. The summed E-state index contributed by atoms with van der Waals surface area (Å²) < 4.78 is 10.2. The van der Waals surface area contributed by atoms with Crippen LogP contribution in [0.3, 0.4) is 0 Å². The van der Waals surface area contributed by atoms with Gasteiger partial charge in [0.25, 0.3) is 0 Å². The molecule has 0 radical (unpaired) electrons. The van der Waals surface area contributed by atoms with Crippen LogP contribution in [0.1, 0.15) is 63.9 Å². The number of aromatic amines is 1. The largest absolute Gasteiger partial charge is 1.00 e. The fourth-order valence-corrected chi connectivity index (χ4v) is 4.58. The quantitative estimate of drug-likeness (QED) is 0.113. The third kappa shape index (κ3) is 15.6. The number of nitrogens with one attached hydrogen (secondary N) is 1. The molecule has 0 unspecified atom stereocenters. The monoisotopic (exact) mass is 768 g/mol. The second-order valence-corrected chi connectivity index (χ2v) is 10.2. The van der Waals surface area contributed by atoms with E-state index in [0.717, 1.165) is 61.2 Å². The predicted molar refractivity (Wildman–Crippen MR) is 191 cm³/mol. The van der Waals surface area contributed by atoms with Gasteiger partial charge in [-0.3, -0.25) is 19.6 Å². The smallest absolute Gasteiger partial charge is 0.177 e. The average molecular weight is 771 g/mol. The second kappa shape index (κ2) is 26.6. The predicted octanol–water partition coefficient (Wildman–Crippen LogP) is -0.377. The van der Waals surface area contributed by atoms with Crippen molar-refractivity contribution in [2.24, 2.45) is 4.99 Å². The molecule has 0 bridgehead atoms. The third-order valence-corrected chi connectivity index (χ3v) is 6.94. The molecule has 1 aliphatic rings. The number of phenols is 2. The summed E-state index contributed by atoms with van der Waals surface area (Å²) in [6.45, 7) is 1.75. The first-order valence-electron chi connectivity index (χ1n) is 15.0. The van der Waals surface area contributed by atoms with Gasteiger partial charge in [0.15, 0.2) is 24.5 Å². The minimum Gasteiger partial charge on any atom is -1.00 e. The highest BCUT2D eigenvalue weighted by atomic mass is 35.5. The average Bonchev–Trinajstić information content (AvgIpc) is 3.10. The molecule has 1 aliphatic heterocycles. The number of ketones is 1. The topological polar surface area (TPSA) is 160 Å². The lowest BCUT2D eigenvalue weighted by Gasteiger charge is -2.17. The Hall–Kier alpha value is -4.19. The van der Waals surface area contributed by atoms with Crippen molar-refractivity contribution in [1.82, 2.24) is 4.98 Å². The fraction of sp³-hybridized carbons (Fsp3) is 0.250. The molecule has 10 nitrogen and oxygen atoms in total. The zero-order chi connectivity index (χ0) is 33.1. The summed E-state index contributed by atoms with van der Waals surface area (Å²) >= 11 is 0. The zero-order valence-corrected chi connectivity index (χ0v) is 31.0. The maximum Gasteiger partial charge on any atom is 0.177 e. The fourth-order valence-electron chi connectivity index (χ4n) is 4.58. The maximum absolute atomic E-state index is 11.5. The molecule has 272 valence electrons. The van der Waals surface area contributed by atoms with E-state index in [1.807, 2.05) is 36.5 Å². The number of unbranched alkanes of at least 4 members (excludes halogenated alkanes) is 1. The first-order chi connectivity index (χ1) is 22.4. The molecule has 4 aromatic rings. The Morgan fingerprint density at radius 2 is 1.60 bits per heavy atom. The lowest BCUT2D eigenvalue weighted by molar-refractivity contribution is -0.378. The molecule has 2 aromatic heterocycles. The summed E-state index contributed by atoms with van der Waals surface area (Å²) in [6, 6.07) is 17.1. The van der Waals surface area contributed by atoms with Gasteiger partial charge in [-0.15, -0.1) is 24.8 Å². The van der Waals surface area contributed by atoms with E-state index in [2.05, 4.69) is 26.8 Å². The van der Waals surface area contributed by atoms with Crippen molar-refractivity contribution < 1.29 is 64.8 Å². The van der Waals surface area contributed by atoms with Crippen molar-refractivity contribution in [1.29, 1.82) is 0 Å². The van der Waals surface area contributed by atoms with Crippen molar-refractivity contribution in [2.45, 2.75) is 32.1 Å². The highest BCUT2D eigenvalue weighted by Crippen LogP contribution is 2.29. The van der Waals surface area contributed by atoms with Gasteiger partial charge < -0.3 is 50.2 Å². The van der Waals surface area contributed by atoms with E-state index < -0.39 is 0 Å². The van der Waals surface area contributed by atoms with Crippen molar-refractivity contribution >= 4 is 48.7 Å². The number of carbonyl (C=O) groups excluding carboxylic acids is 2. The number of carbonyl (C=O) groups is 2. The summed E-state index contributed by atoms with van der Waals surface area (Å²) in [5.41, 5.74) is 9.08. The van der Waals surface area contributed by atoms with Crippen LogP contribution in [0.4, 0.5) is 0 Å². The van der Waals surface area contributed by atoms with Gasteiger partial charge in [-0.25, -0.2) is 4.98 Å². The number of ether oxygens (including phenoxy) is 2. The van der Waals surface area contributed by atoms with Gasteiger partial charge in [0.05, 0.1) is 37.6 Å². The van der Waals surface area contributed by atoms with E-state index in [4.69, 9.17) is 14.6 Å². The minimum absolute atomic E-state index is 0. The molecule has 50 heavy (non-hydrogen) atoms. The van der Waals surface area contributed by atoms with Crippen LogP contribution in [-0.2, 0) is 0 Å². The maximum atomic E-state index is 11.5. The minimum atomic E-state index is 0. The Morgan fingerprint density at radius 1 is 0.940 bits per heavy atom. The van der Waals surface area contributed by atoms with Crippen molar-refractivity contribution in [2.75, 3.05) is 27.3 Å². The number of allylic oxidation sites excluding steroid dienone is 1. The summed E-state index contributed by atoms with van der Waals surface area (Å²) in [6.07, 6.45) is 14.5. The number of methoxy groups -OCH3 is 2. The summed E-state index contributed by atoms with van der Waals surface area (Å²) in [5, 5.41) is 18.5. The van der Waals surface area contributed by atoms with Crippen LogP contribution in [0.2, 0.25) is 0 Å².